The number of aromatic nitrogens is 2. The van der Waals surface area contributed by atoms with E-state index in [1.54, 1.807) is 14.2 Å². The summed E-state index contributed by atoms with van der Waals surface area (Å²) in [6.45, 7) is 0.204. The van der Waals surface area contributed by atoms with Crippen LogP contribution in [0.3, 0.4) is 0 Å². The largest absolute Gasteiger partial charge is 0.497 e. The summed E-state index contributed by atoms with van der Waals surface area (Å²) in [7, 11) is 3.26. The zero-order valence-corrected chi connectivity index (χ0v) is 14.0. The first-order valence-electron chi connectivity index (χ1n) is 7.70. The van der Waals surface area contributed by atoms with E-state index in [0.717, 1.165) is 11.3 Å². The summed E-state index contributed by atoms with van der Waals surface area (Å²) in [4.78, 5) is 18.0. The normalized spacial score (nSPS) is 10.3. The molecule has 2 aromatic carbocycles. The average Bonchev–Trinajstić information content (AvgIpc) is 3.11. The molecule has 0 aliphatic rings. The quantitative estimate of drug-likeness (QED) is 0.771. The molecule has 0 fully saturated rings. The Labute approximate surface area is 145 Å². The maximum absolute atomic E-state index is 12.2. The highest BCUT2D eigenvalue weighted by Gasteiger charge is 2.15. The number of urea groups is 1. The van der Waals surface area contributed by atoms with Crippen molar-refractivity contribution in [2.75, 3.05) is 19.5 Å². The molecule has 0 bridgehead atoms. The summed E-state index contributed by atoms with van der Waals surface area (Å²) in [5.41, 5.74) is 1.51. The first-order chi connectivity index (χ1) is 12.2. The number of rotatable bonds is 5. The van der Waals surface area contributed by atoms with Crippen LogP contribution in [0, 0.1) is 0 Å². The maximum atomic E-state index is 12.2. The van der Waals surface area contributed by atoms with Crippen molar-refractivity contribution >= 4 is 11.7 Å². The first kappa shape index (κ1) is 16.5. The van der Waals surface area contributed by atoms with Crippen LogP contribution in [-0.2, 0) is 6.54 Å². The van der Waals surface area contributed by atoms with E-state index in [0.29, 0.717) is 17.5 Å². The molecule has 25 heavy (non-hydrogen) atoms. The molecule has 0 spiro atoms. The van der Waals surface area contributed by atoms with Crippen molar-refractivity contribution in [2.45, 2.75) is 6.54 Å². The Bertz CT molecular complexity index is 848. The van der Waals surface area contributed by atoms with Crippen molar-refractivity contribution in [1.29, 1.82) is 0 Å². The van der Waals surface area contributed by atoms with Crippen LogP contribution in [-0.4, -0.2) is 35.2 Å². The number of ether oxygens (including phenoxy) is 1. The Morgan fingerprint density at radius 1 is 1.20 bits per heavy atom. The highest BCUT2D eigenvalue weighted by molar-refractivity contribution is 5.88. The van der Waals surface area contributed by atoms with E-state index >= 15 is 0 Å². The number of carbonyl (C=O) groups excluding carboxylic acids is 1. The van der Waals surface area contributed by atoms with Gasteiger partial charge in [0.25, 0.3) is 0 Å². The van der Waals surface area contributed by atoms with Crippen LogP contribution in [0.5, 0.6) is 5.75 Å². The fourth-order valence-electron chi connectivity index (χ4n) is 2.21. The number of hydrogen-bond donors (Lipinski definition) is 1. The Hall–Kier alpha value is -3.35. The van der Waals surface area contributed by atoms with Crippen molar-refractivity contribution in [3.8, 4) is 17.1 Å². The van der Waals surface area contributed by atoms with E-state index in [9.17, 15) is 4.79 Å². The third kappa shape index (κ3) is 4.14. The van der Waals surface area contributed by atoms with E-state index in [2.05, 4.69) is 15.5 Å². The average molecular weight is 338 g/mol. The SMILES string of the molecule is COc1cccc(-c2noc(CN(C)C(=O)Nc3ccccc3)n2)c1. The molecule has 3 aromatic rings. The molecule has 0 saturated heterocycles. The first-order valence-corrected chi connectivity index (χ1v) is 7.70. The summed E-state index contributed by atoms with van der Waals surface area (Å²) in [5, 5.41) is 6.75. The molecule has 128 valence electrons. The summed E-state index contributed by atoms with van der Waals surface area (Å²) >= 11 is 0. The number of hydrogen-bond acceptors (Lipinski definition) is 5. The van der Waals surface area contributed by atoms with E-state index in [1.807, 2.05) is 54.6 Å². The summed E-state index contributed by atoms with van der Waals surface area (Å²) in [6, 6.07) is 16.4. The number of anilines is 1. The van der Waals surface area contributed by atoms with Gasteiger partial charge in [0.05, 0.1) is 7.11 Å². The number of nitrogens with one attached hydrogen (secondary N) is 1. The van der Waals surface area contributed by atoms with Crippen LogP contribution >= 0.6 is 0 Å². The fourth-order valence-corrected chi connectivity index (χ4v) is 2.21. The van der Waals surface area contributed by atoms with Gasteiger partial charge >= 0.3 is 6.03 Å². The second-order valence-electron chi connectivity index (χ2n) is 5.40. The summed E-state index contributed by atoms with van der Waals surface area (Å²) in [6.07, 6.45) is 0. The van der Waals surface area contributed by atoms with Crippen LogP contribution < -0.4 is 10.1 Å². The van der Waals surface area contributed by atoms with Gasteiger partial charge in [-0.25, -0.2) is 4.79 Å². The minimum absolute atomic E-state index is 0.204. The molecule has 0 saturated carbocycles. The molecule has 0 atom stereocenters. The Morgan fingerprint density at radius 3 is 2.76 bits per heavy atom. The highest BCUT2D eigenvalue weighted by atomic mass is 16.5. The second-order valence-corrected chi connectivity index (χ2v) is 5.40. The standard InChI is InChI=1S/C18H18N4O3/c1-22(18(23)19-14-8-4-3-5-9-14)12-16-20-17(21-25-16)13-7-6-10-15(11-13)24-2/h3-11H,12H2,1-2H3,(H,19,23). The molecule has 0 aliphatic heterocycles. The van der Waals surface area contributed by atoms with E-state index < -0.39 is 0 Å². The van der Waals surface area contributed by atoms with Gasteiger partial charge in [-0.3, -0.25) is 0 Å². The van der Waals surface area contributed by atoms with Gasteiger partial charge in [0.15, 0.2) is 0 Å². The number of methoxy groups -OCH3 is 1. The number of benzene rings is 2. The lowest BCUT2D eigenvalue weighted by atomic mass is 10.2. The van der Waals surface area contributed by atoms with Crippen LogP contribution in [0.2, 0.25) is 0 Å². The molecule has 2 amide bonds. The van der Waals surface area contributed by atoms with Gasteiger partial charge < -0.3 is 19.5 Å². The third-order valence-electron chi connectivity index (χ3n) is 3.54. The molecule has 1 heterocycles. The third-order valence-corrected chi connectivity index (χ3v) is 3.54. The van der Waals surface area contributed by atoms with Gasteiger partial charge in [-0.2, -0.15) is 4.98 Å². The van der Waals surface area contributed by atoms with Crippen molar-refractivity contribution in [3.05, 3.63) is 60.5 Å². The van der Waals surface area contributed by atoms with E-state index in [-0.39, 0.29) is 12.6 Å². The lowest BCUT2D eigenvalue weighted by molar-refractivity contribution is 0.213. The van der Waals surface area contributed by atoms with Crippen molar-refractivity contribution in [1.82, 2.24) is 15.0 Å². The lowest BCUT2D eigenvalue weighted by Gasteiger charge is -2.15. The topological polar surface area (TPSA) is 80.5 Å². The minimum Gasteiger partial charge on any atom is -0.497 e. The monoisotopic (exact) mass is 338 g/mol. The molecule has 0 aliphatic carbocycles. The van der Waals surface area contributed by atoms with E-state index in [4.69, 9.17) is 9.26 Å². The predicted octanol–water partition coefficient (Wildman–Crippen LogP) is 3.41. The molecular formula is C18H18N4O3. The van der Waals surface area contributed by atoms with Crippen LogP contribution in [0.4, 0.5) is 10.5 Å². The molecule has 7 heteroatoms. The van der Waals surface area contributed by atoms with Gasteiger partial charge in [0, 0.05) is 18.3 Å². The van der Waals surface area contributed by atoms with Crippen LogP contribution in [0.25, 0.3) is 11.4 Å². The van der Waals surface area contributed by atoms with Gasteiger partial charge in [-0.05, 0) is 24.3 Å². The number of amides is 2. The zero-order chi connectivity index (χ0) is 17.6. The van der Waals surface area contributed by atoms with Crippen LogP contribution in [0.15, 0.2) is 59.1 Å². The molecule has 0 radical (unpaired) electrons. The molecule has 1 N–H and O–H groups in total. The number of para-hydroxylation sites is 1. The molecule has 7 nitrogen and oxygen atoms in total. The molecule has 3 rings (SSSR count). The Balaban J connectivity index is 1.65. The minimum atomic E-state index is -0.257. The smallest absolute Gasteiger partial charge is 0.322 e. The Morgan fingerprint density at radius 2 is 2.00 bits per heavy atom. The number of carbonyl (C=O) groups is 1. The van der Waals surface area contributed by atoms with Crippen molar-refractivity contribution < 1.29 is 14.1 Å². The number of nitrogens with zero attached hydrogens (tertiary/aromatic N) is 3. The zero-order valence-electron chi connectivity index (χ0n) is 14.0. The summed E-state index contributed by atoms with van der Waals surface area (Å²) in [5.74, 6) is 1.51. The highest BCUT2D eigenvalue weighted by Crippen LogP contribution is 2.21. The van der Waals surface area contributed by atoms with Crippen LogP contribution in [0.1, 0.15) is 5.89 Å². The molecule has 1 aromatic heterocycles. The predicted molar refractivity (Wildman–Crippen MR) is 93.2 cm³/mol. The second kappa shape index (κ2) is 7.48. The van der Waals surface area contributed by atoms with Crippen molar-refractivity contribution in [3.63, 3.8) is 0 Å². The summed E-state index contributed by atoms with van der Waals surface area (Å²) < 4.78 is 10.4. The van der Waals surface area contributed by atoms with Gasteiger partial charge in [-0.15, -0.1) is 0 Å². The van der Waals surface area contributed by atoms with E-state index in [1.165, 1.54) is 4.90 Å². The Kier molecular flexibility index (Phi) is 4.94. The van der Waals surface area contributed by atoms with Crippen molar-refractivity contribution in [2.24, 2.45) is 0 Å². The van der Waals surface area contributed by atoms with Gasteiger partial charge in [-0.1, -0.05) is 35.5 Å². The maximum Gasteiger partial charge on any atom is 0.322 e. The molecule has 0 unspecified atom stereocenters. The van der Waals surface area contributed by atoms with Gasteiger partial charge in [0.2, 0.25) is 11.7 Å². The van der Waals surface area contributed by atoms with Gasteiger partial charge in [0.1, 0.15) is 12.3 Å². The fraction of sp³-hybridized carbons (Fsp3) is 0.167. The molecular weight excluding hydrogens is 320 g/mol. The lowest BCUT2D eigenvalue weighted by Crippen LogP contribution is -2.30.